The first kappa shape index (κ1) is 18.8. The van der Waals surface area contributed by atoms with E-state index >= 15 is 0 Å². The third-order valence-corrected chi connectivity index (χ3v) is 3.29. The normalized spacial score (nSPS) is 11.2. The summed E-state index contributed by atoms with van der Waals surface area (Å²) in [6.07, 6.45) is -0.0342. The molecule has 2 rings (SSSR count). The van der Waals surface area contributed by atoms with Crippen LogP contribution in [0.5, 0.6) is 11.5 Å². The van der Waals surface area contributed by atoms with Gasteiger partial charge < -0.3 is 24.1 Å². The van der Waals surface area contributed by atoms with E-state index in [1.165, 1.54) is 6.92 Å². The Hall–Kier alpha value is -2.54. The molecule has 1 aromatic carbocycles. The van der Waals surface area contributed by atoms with Gasteiger partial charge in [-0.05, 0) is 34.0 Å². The van der Waals surface area contributed by atoms with Crippen molar-refractivity contribution in [3.63, 3.8) is 0 Å². The lowest BCUT2D eigenvalue weighted by Crippen LogP contribution is -2.20. The van der Waals surface area contributed by atoms with E-state index in [2.05, 4.69) is 4.98 Å². The van der Waals surface area contributed by atoms with Gasteiger partial charge in [0.05, 0.1) is 11.6 Å². The van der Waals surface area contributed by atoms with Crippen LogP contribution >= 0.6 is 0 Å². The Morgan fingerprint density at radius 2 is 1.92 bits per heavy atom. The molecule has 0 saturated carbocycles. The SMILES string of the molecule is CC(=O)Oc1cc(OC(C)C)cc2[nH]c(C(=O)OCCN(C)C)cc12. The van der Waals surface area contributed by atoms with Crippen LogP contribution < -0.4 is 9.47 Å². The Morgan fingerprint density at radius 3 is 2.52 bits per heavy atom. The molecule has 0 aliphatic carbocycles. The van der Waals surface area contributed by atoms with E-state index in [0.29, 0.717) is 41.2 Å². The van der Waals surface area contributed by atoms with Gasteiger partial charge >= 0.3 is 11.9 Å². The zero-order valence-electron chi connectivity index (χ0n) is 15.2. The smallest absolute Gasteiger partial charge is 0.354 e. The summed E-state index contributed by atoms with van der Waals surface area (Å²) in [7, 11) is 3.80. The number of ether oxygens (including phenoxy) is 3. The first-order valence-electron chi connectivity index (χ1n) is 8.10. The summed E-state index contributed by atoms with van der Waals surface area (Å²) >= 11 is 0. The van der Waals surface area contributed by atoms with Crippen LogP contribution in [0.1, 0.15) is 31.3 Å². The van der Waals surface area contributed by atoms with E-state index in [1.807, 2.05) is 32.8 Å². The minimum Gasteiger partial charge on any atom is -0.491 e. The van der Waals surface area contributed by atoms with Crippen molar-refractivity contribution in [3.8, 4) is 11.5 Å². The first-order valence-corrected chi connectivity index (χ1v) is 8.10. The molecule has 0 fully saturated rings. The molecule has 1 N–H and O–H groups in total. The van der Waals surface area contributed by atoms with Crippen LogP contribution in [0.15, 0.2) is 18.2 Å². The number of likely N-dealkylation sites (N-methyl/N-ethyl adjacent to an activating group) is 1. The second-order valence-electron chi connectivity index (χ2n) is 6.27. The van der Waals surface area contributed by atoms with E-state index in [4.69, 9.17) is 14.2 Å². The highest BCUT2D eigenvalue weighted by molar-refractivity contribution is 5.98. The molecule has 0 aliphatic heterocycles. The van der Waals surface area contributed by atoms with Gasteiger partial charge in [0, 0.05) is 31.0 Å². The van der Waals surface area contributed by atoms with Gasteiger partial charge in [0.2, 0.25) is 0 Å². The van der Waals surface area contributed by atoms with E-state index in [0.717, 1.165) is 0 Å². The predicted octanol–water partition coefficient (Wildman–Crippen LogP) is 2.60. The second kappa shape index (κ2) is 8.02. The summed E-state index contributed by atoms with van der Waals surface area (Å²) in [5, 5.41) is 0.617. The van der Waals surface area contributed by atoms with Crippen molar-refractivity contribution >= 4 is 22.8 Å². The van der Waals surface area contributed by atoms with Gasteiger partial charge in [-0.2, -0.15) is 0 Å². The molecule has 0 atom stereocenters. The number of hydrogen-bond acceptors (Lipinski definition) is 6. The average molecular weight is 348 g/mol. The maximum absolute atomic E-state index is 12.2. The summed E-state index contributed by atoms with van der Waals surface area (Å²) in [6.45, 7) is 6.05. The molecule has 7 nitrogen and oxygen atoms in total. The monoisotopic (exact) mass is 348 g/mol. The van der Waals surface area contributed by atoms with Crippen molar-refractivity contribution in [1.82, 2.24) is 9.88 Å². The number of rotatable bonds is 7. The quantitative estimate of drug-likeness (QED) is 0.612. The van der Waals surface area contributed by atoms with Gasteiger partial charge in [-0.25, -0.2) is 4.79 Å². The van der Waals surface area contributed by atoms with Crippen LogP contribution in [0.2, 0.25) is 0 Å². The lowest BCUT2D eigenvalue weighted by Gasteiger charge is -2.11. The molecular weight excluding hydrogens is 324 g/mol. The van der Waals surface area contributed by atoms with Gasteiger partial charge in [-0.15, -0.1) is 0 Å². The third kappa shape index (κ3) is 5.22. The Balaban J connectivity index is 2.32. The number of carbonyl (C=O) groups excluding carboxylic acids is 2. The molecule has 0 spiro atoms. The molecule has 0 bridgehead atoms. The zero-order chi connectivity index (χ0) is 18.6. The van der Waals surface area contributed by atoms with Crippen molar-refractivity contribution in [2.45, 2.75) is 26.9 Å². The Morgan fingerprint density at radius 1 is 1.20 bits per heavy atom. The molecule has 0 unspecified atom stereocenters. The van der Waals surface area contributed by atoms with Crippen molar-refractivity contribution in [1.29, 1.82) is 0 Å². The van der Waals surface area contributed by atoms with E-state index in [-0.39, 0.29) is 6.10 Å². The fourth-order valence-electron chi connectivity index (χ4n) is 2.27. The average Bonchev–Trinajstić information content (AvgIpc) is 2.89. The van der Waals surface area contributed by atoms with Crippen LogP contribution in [0.4, 0.5) is 0 Å². The van der Waals surface area contributed by atoms with Crippen LogP contribution in [-0.2, 0) is 9.53 Å². The van der Waals surface area contributed by atoms with Gasteiger partial charge in [0.25, 0.3) is 0 Å². The van der Waals surface area contributed by atoms with Crippen LogP contribution in [-0.4, -0.2) is 55.2 Å². The number of benzene rings is 1. The summed E-state index contributed by atoms with van der Waals surface area (Å²) in [5.41, 5.74) is 0.929. The predicted molar refractivity (Wildman–Crippen MR) is 94.2 cm³/mol. The standard InChI is InChI=1S/C18H24N2O5/c1-11(2)24-13-8-15-14(17(9-13)25-12(3)21)10-16(19-15)18(22)23-7-6-20(4)5/h8-11,19H,6-7H2,1-5H3. The number of aromatic amines is 1. The number of aromatic nitrogens is 1. The maximum Gasteiger partial charge on any atom is 0.354 e. The summed E-state index contributed by atoms with van der Waals surface area (Å²) < 4.78 is 16.2. The second-order valence-corrected chi connectivity index (χ2v) is 6.27. The van der Waals surface area contributed by atoms with Crippen molar-refractivity contribution in [3.05, 3.63) is 23.9 Å². The van der Waals surface area contributed by atoms with Gasteiger partial charge in [-0.1, -0.05) is 0 Å². The largest absolute Gasteiger partial charge is 0.491 e. The van der Waals surface area contributed by atoms with Crippen molar-refractivity contribution in [2.24, 2.45) is 0 Å². The Kier molecular flexibility index (Phi) is 6.03. The fourth-order valence-corrected chi connectivity index (χ4v) is 2.27. The number of esters is 2. The number of nitrogens with one attached hydrogen (secondary N) is 1. The van der Waals surface area contributed by atoms with E-state index in [1.54, 1.807) is 18.2 Å². The Labute approximate surface area is 146 Å². The van der Waals surface area contributed by atoms with Crippen LogP contribution in [0.25, 0.3) is 10.9 Å². The molecular formula is C18H24N2O5. The molecule has 0 amide bonds. The zero-order valence-corrected chi connectivity index (χ0v) is 15.2. The highest BCUT2D eigenvalue weighted by Gasteiger charge is 2.16. The van der Waals surface area contributed by atoms with Gasteiger partial charge in [0.15, 0.2) is 0 Å². The first-order chi connectivity index (χ1) is 11.8. The molecule has 1 heterocycles. The molecule has 0 saturated heterocycles. The number of carbonyl (C=O) groups is 2. The van der Waals surface area contributed by atoms with Crippen LogP contribution in [0, 0.1) is 0 Å². The lowest BCUT2D eigenvalue weighted by atomic mass is 10.2. The minimum absolute atomic E-state index is 0.0342. The highest BCUT2D eigenvalue weighted by Crippen LogP contribution is 2.32. The molecule has 0 radical (unpaired) electrons. The summed E-state index contributed by atoms with van der Waals surface area (Å²) in [4.78, 5) is 28.5. The summed E-state index contributed by atoms with van der Waals surface area (Å²) in [6, 6.07) is 5.02. The summed E-state index contributed by atoms with van der Waals surface area (Å²) in [5.74, 6) is -0.0187. The number of nitrogens with zero attached hydrogens (tertiary/aromatic N) is 1. The van der Waals surface area contributed by atoms with Crippen molar-refractivity contribution in [2.75, 3.05) is 27.2 Å². The van der Waals surface area contributed by atoms with Gasteiger partial charge in [0.1, 0.15) is 23.8 Å². The maximum atomic E-state index is 12.2. The molecule has 25 heavy (non-hydrogen) atoms. The third-order valence-electron chi connectivity index (χ3n) is 3.29. The molecule has 7 heteroatoms. The highest BCUT2D eigenvalue weighted by atomic mass is 16.5. The van der Waals surface area contributed by atoms with E-state index < -0.39 is 11.9 Å². The van der Waals surface area contributed by atoms with Crippen molar-refractivity contribution < 1.29 is 23.8 Å². The lowest BCUT2D eigenvalue weighted by molar-refractivity contribution is -0.131. The van der Waals surface area contributed by atoms with Crippen LogP contribution in [0.3, 0.4) is 0 Å². The van der Waals surface area contributed by atoms with E-state index in [9.17, 15) is 9.59 Å². The number of hydrogen-bond donors (Lipinski definition) is 1. The molecule has 2 aromatic rings. The van der Waals surface area contributed by atoms with Gasteiger partial charge in [-0.3, -0.25) is 4.79 Å². The fraction of sp³-hybridized carbons (Fsp3) is 0.444. The Bertz CT molecular complexity index is 764. The molecule has 0 aliphatic rings. The minimum atomic E-state index is -0.460. The number of H-pyrrole nitrogens is 1. The number of fused-ring (bicyclic) bond motifs is 1. The molecule has 136 valence electrons. The topological polar surface area (TPSA) is 80.9 Å². The molecule has 1 aromatic heterocycles.